The zero-order valence-corrected chi connectivity index (χ0v) is 29.1. The van der Waals surface area contributed by atoms with Crippen molar-refractivity contribution in [2.45, 2.75) is 52.2 Å². The van der Waals surface area contributed by atoms with Gasteiger partial charge in [-0.15, -0.1) is 0 Å². The fraction of sp³-hybridized carbons (Fsp3) is 0.297. The lowest BCUT2D eigenvalue weighted by atomic mass is 10.0. The van der Waals surface area contributed by atoms with E-state index in [1.54, 1.807) is 35.5 Å². The number of carbonyl (C=O) groups is 1. The molecule has 49 heavy (non-hydrogen) atoms. The minimum Gasteiger partial charge on any atom is -0.444 e. The number of pyridine rings is 1. The number of aryl methyl sites for hydroxylation is 1. The predicted octanol–water partition coefficient (Wildman–Crippen LogP) is 7.70. The number of anilines is 3. The molecule has 1 atom stereocenters. The van der Waals surface area contributed by atoms with E-state index in [1.165, 1.54) is 10.6 Å². The van der Waals surface area contributed by atoms with Crippen LogP contribution in [0.2, 0.25) is 0 Å². The lowest BCUT2D eigenvalue weighted by Crippen LogP contribution is -2.47. The summed E-state index contributed by atoms with van der Waals surface area (Å²) in [5, 5.41) is 4.83. The van der Waals surface area contributed by atoms with Gasteiger partial charge in [0.2, 0.25) is 21.9 Å². The molecule has 3 aromatic carbocycles. The Balaban J connectivity index is 1.30. The average molecular weight is 681 g/mol. The highest BCUT2D eigenvalue weighted by Gasteiger charge is 2.28. The lowest BCUT2D eigenvalue weighted by Gasteiger charge is -2.34. The van der Waals surface area contributed by atoms with Crippen molar-refractivity contribution in [1.82, 2.24) is 19.9 Å². The fourth-order valence-electron chi connectivity index (χ4n) is 5.95. The number of amides is 1. The Labute approximate surface area is 287 Å². The van der Waals surface area contributed by atoms with Crippen LogP contribution >= 0.6 is 0 Å². The highest BCUT2D eigenvalue weighted by Crippen LogP contribution is 2.43. The second-order valence-corrected chi connectivity index (χ2v) is 14.9. The van der Waals surface area contributed by atoms with Gasteiger partial charge in [-0.2, -0.15) is 0 Å². The first-order valence-corrected chi connectivity index (χ1v) is 18.0. The van der Waals surface area contributed by atoms with Crippen molar-refractivity contribution in [1.29, 1.82) is 0 Å². The fourth-order valence-corrected chi connectivity index (χ4v) is 6.97. The molecule has 1 aliphatic heterocycles. The summed E-state index contributed by atoms with van der Waals surface area (Å²) in [6, 6.07) is 23.8. The standard InChI is InChI=1S/C37H40N6O5S/c1-25-23-32(43(49(5,45)46)27-14-7-6-8-15-27)28-16-9-10-17-29(28)33(25)47-34-30(18-11-20-38-34)31-19-21-39-35(41-31)40-26-13-12-22-42(24-26)36(44)48-37(2,3)4/h6-11,14-21,23,26H,12-13,22,24H2,1-5H3,(H,39,40,41). The molecular formula is C37H40N6O5S. The summed E-state index contributed by atoms with van der Waals surface area (Å²) >= 11 is 0. The van der Waals surface area contributed by atoms with E-state index < -0.39 is 15.6 Å². The molecule has 0 saturated carbocycles. The van der Waals surface area contributed by atoms with Gasteiger partial charge >= 0.3 is 6.09 Å². The number of nitrogens with zero attached hydrogens (tertiary/aromatic N) is 5. The van der Waals surface area contributed by atoms with Gasteiger partial charge in [0.25, 0.3) is 0 Å². The third-order valence-corrected chi connectivity index (χ3v) is 9.08. The predicted molar refractivity (Wildman–Crippen MR) is 192 cm³/mol. The Kier molecular flexibility index (Phi) is 9.42. The third kappa shape index (κ3) is 7.75. The first kappa shape index (κ1) is 33.7. The molecule has 1 unspecified atom stereocenters. The molecule has 0 aliphatic carbocycles. The molecule has 3 heterocycles. The molecule has 2 aromatic heterocycles. The average Bonchev–Trinajstić information content (AvgIpc) is 3.06. The number of likely N-dealkylation sites (tertiary alicyclic amines) is 1. The second-order valence-electron chi connectivity index (χ2n) is 13.1. The number of aromatic nitrogens is 3. The van der Waals surface area contributed by atoms with Gasteiger partial charge in [-0.25, -0.2) is 32.5 Å². The molecule has 0 bridgehead atoms. The number of hydrogen-bond acceptors (Lipinski definition) is 9. The molecule has 0 spiro atoms. The summed E-state index contributed by atoms with van der Waals surface area (Å²) in [4.78, 5) is 28.3. The zero-order chi connectivity index (χ0) is 34.8. The topological polar surface area (TPSA) is 127 Å². The molecule has 0 radical (unpaired) electrons. The molecule has 6 rings (SSSR count). The summed E-state index contributed by atoms with van der Waals surface area (Å²) in [6.07, 6.45) is 5.89. The van der Waals surface area contributed by atoms with Crippen LogP contribution in [-0.2, 0) is 14.8 Å². The van der Waals surface area contributed by atoms with Crippen molar-refractivity contribution in [3.8, 4) is 22.9 Å². The highest BCUT2D eigenvalue weighted by molar-refractivity contribution is 7.92. The Hall–Kier alpha value is -5.23. The number of ether oxygens (including phenoxy) is 2. The monoisotopic (exact) mass is 680 g/mol. The molecule has 254 valence electrons. The smallest absolute Gasteiger partial charge is 0.410 e. The first-order chi connectivity index (χ1) is 23.4. The number of carbonyl (C=O) groups excluding carboxylic acids is 1. The third-order valence-electron chi connectivity index (χ3n) is 8.01. The second kappa shape index (κ2) is 13.7. The van der Waals surface area contributed by atoms with Crippen LogP contribution < -0.4 is 14.4 Å². The van der Waals surface area contributed by atoms with E-state index in [-0.39, 0.29) is 12.1 Å². The van der Waals surface area contributed by atoms with E-state index in [1.807, 2.05) is 88.4 Å². The molecule has 1 saturated heterocycles. The molecule has 1 N–H and O–H groups in total. The van der Waals surface area contributed by atoms with Crippen LogP contribution in [0, 0.1) is 6.92 Å². The van der Waals surface area contributed by atoms with Gasteiger partial charge in [0.15, 0.2) is 0 Å². The number of hydrogen-bond donors (Lipinski definition) is 1. The van der Waals surface area contributed by atoms with E-state index in [0.717, 1.165) is 23.8 Å². The van der Waals surface area contributed by atoms with Gasteiger partial charge in [-0.05, 0) is 82.5 Å². The Bertz CT molecular complexity index is 2090. The van der Waals surface area contributed by atoms with Gasteiger partial charge < -0.3 is 19.7 Å². The number of nitrogens with one attached hydrogen (secondary N) is 1. The summed E-state index contributed by atoms with van der Waals surface area (Å²) in [5.74, 6) is 1.32. The van der Waals surface area contributed by atoms with E-state index in [0.29, 0.717) is 58.7 Å². The van der Waals surface area contributed by atoms with E-state index >= 15 is 0 Å². The van der Waals surface area contributed by atoms with Crippen LogP contribution in [0.4, 0.5) is 22.1 Å². The molecule has 1 amide bonds. The van der Waals surface area contributed by atoms with Crippen LogP contribution in [0.15, 0.2) is 91.3 Å². The van der Waals surface area contributed by atoms with Crippen LogP contribution in [0.25, 0.3) is 22.0 Å². The van der Waals surface area contributed by atoms with Crippen LogP contribution in [0.1, 0.15) is 39.2 Å². The van der Waals surface area contributed by atoms with Gasteiger partial charge in [0, 0.05) is 42.3 Å². The molecular weight excluding hydrogens is 641 g/mol. The minimum absolute atomic E-state index is 0.0453. The summed E-state index contributed by atoms with van der Waals surface area (Å²) in [6.45, 7) is 8.58. The summed E-state index contributed by atoms with van der Waals surface area (Å²) < 4.78 is 39.8. The molecule has 5 aromatic rings. The van der Waals surface area contributed by atoms with Crippen molar-refractivity contribution in [3.63, 3.8) is 0 Å². The summed E-state index contributed by atoms with van der Waals surface area (Å²) in [7, 11) is -3.69. The van der Waals surface area contributed by atoms with Gasteiger partial charge in [-0.1, -0.05) is 42.5 Å². The number of sulfonamides is 1. The Morgan fingerprint density at radius 1 is 0.959 bits per heavy atom. The van der Waals surface area contributed by atoms with Gasteiger partial charge in [0.1, 0.15) is 11.4 Å². The van der Waals surface area contributed by atoms with E-state index in [2.05, 4.69) is 15.3 Å². The number of benzene rings is 3. The zero-order valence-electron chi connectivity index (χ0n) is 28.3. The first-order valence-electron chi connectivity index (χ1n) is 16.2. The van der Waals surface area contributed by atoms with Crippen molar-refractivity contribution in [3.05, 3.63) is 96.8 Å². The maximum Gasteiger partial charge on any atom is 0.410 e. The maximum atomic E-state index is 13.2. The quantitative estimate of drug-likeness (QED) is 0.175. The van der Waals surface area contributed by atoms with Crippen LogP contribution in [-0.4, -0.2) is 65.4 Å². The number of piperidine rings is 1. The molecule has 11 nitrogen and oxygen atoms in total. The van der Waals surface area contributed by atoms with Crippen molar-refractivity contribution in [2.24, 2.45) is 0 Å². The van der Waals surface area contributed by atoms with Gasteiger partial charge in [-0.3, -0.25) is 0 Å². The normalized spacial score (nSPS) is 15.1. The van der Waals surface area contributed by atoms with Crippen molar-refractivity contribution in [2.75, 3.05) is 29.0 Å². The summed E-state index contributed by atoms with van der Waals surface area (Å²) in [5.41, 5.74) is 2.48. The SMILES string of the molecule is Cc1cc(N(c2ccccc2)S(C)(=O)=O)c2ccccc2c1Oc1ncccc1-c1ccnc(NC2CCCN(C(=O)OC(C)(C)C)C2)n1. The maximum absolute atomic E-state index is 13.2. The Morgan fingerprint density at radius 3 is 2.43 bits per heavy atom. The number of para-hydroxylation sites is 1. The number of rotatable bonds is 8. The minimum atomic E-state index is -3.69. The van der Waals surface area contributed by atoms with E-state index in [9.17, 15) is 13.2 Å². The molecule has 1 fully saturated rings. The highest BCUT2D eigenvalue weighted by atomic mass is 32.2. The van der Waals surface area contributed by atoms with Crippen LogP contribution in [0.3, 0.4) is 0 Å². The van der Waals surface area contributed by atoms with Crippen LogP contribution in [0.5, 0.6) is 11.6 Å². The Morgan fingerprint density at radius 2 is 1.69 bits per heavy atom. The largest absolute Gasteiger partial charge is 0.444 e. The van der Waals surface area contributed by atoms with Crippen molar-refractivity contribution < 1.29 is 22.7 Å². The van der Waals surface area contributed by atoms with E-state index in [4.69, 9.17) is 14.5 Å². The molecule has 1 aliphatic rings. The number of fused-ring (bicyclic) bond motifs is 1. The lowest BCUT2D eigenvalue weighted by molar-refractivity contribution is 0.0206. The molecule has 12 heteroatoms. The van der Waals surface area contributed by atoms with Crippen molar-refractivity contribution >= 4 is 44.2 Å². The van der Waals surface area contributed by atoms with Gasteiger partial charge in [0.05, 0.1) is 28.9 Å².